The van der Waals surface area contributed by atoms with Crippen LogP contribution in [0.4, 0.5) is 4.39 Å². The van der Waals surface area contributed by atoms with Crippen LogP contribution >= 0.6 is 0 Å². The molecule has 94 valence electrons. The summed E-state index contributed by atoms with van der Waals surface area (Å²) in [5.41, 5.74) is 6.72. The van der Waals surface area contributed by atoms with Gasteiger partial charge >= 0.3 is 0 Å². The number of aliphatic imine (C=N–C) groups is 1. The predicted molar refractivity (Wildman–Crippen MR) is 65.9 cm³/mol. The number of guanidine groups is 1. The largest absolute Gasteiger partial charge is 0.392 e. The molecule has 0 atom stereocenters. The van der Waals surface area contributed by atoms with Gasteiger partial charge in [0.2, 0.25) is 0 Å². The summed E-state index contributed by atoms with van der Waals surface area (Å²) in [5.74, 6) is -0.0287. The smallest absolute Gasteiger partial charge is 0.188 e. The fraction of sp³-hybridized carbons (Fsp3) is 0.417. The second-order valence-electron chi connectivity index (χ2n) is 3.71. The van der Waals surface area contributed by atoms with Gasteiger partial charge in [-0.1, -0.05) is 13.0 Å². The monoisotopic (exact) mass is 239 g/mol. The number of hydrogen-bond acceptors (Lipinski definition) is 2. The van der Waals surface area contributed by atoms with Crippen LogP contribution in [0.5, 0.6) is 0 Å². The third-order valence-electron chi connectivity index (χ3n) is 2.27. The molecule has 1 aromatic carbocycles. The van der Waals surface area contributed by atoms with Crippen molar-refractivity contribution in [2.24, 2.45) is 10.7 Å². The maximum Gasteiger partial charge on any atom is 0.188 e. The maximum absolute atomic E-state index is 13.1. The number of aliphatic hydroxyl groups excluding tert-OH is 1. The Morgan fingerprint density at radius 3 is 2.94 bits per heavy atom. The molecular weight excluding hydrogens is 221 g/mol. The molecule has 4 nitrogen and oxygen atoms in total. The van der Waals surface area contributed by atoms with Crippen LogP contribution in [0.3, 0.4) is 0 Å². The Hall–Kier alpha value is -1.62. The molecule has 0 saturated heterocycles. The van der Waals surface area contributed by atoms with Crippen molar-refractivity contribution in [3.05, 3.63) is 35.1 Å². The molecule has 0 amide bonds. The van der Waals surface area contributed by atoms with Crippen LogP contribution in [-0.4, -0.2) is 17.6 Å². The minimum atomic E-state index is -0.405. The second kappa shape index (κ2) is 6.85. The summed E-state index contributed by atoms with van der Waals surface area (Å²) in [7, 11) is 0. The molecule has 0 heterocycles. The minimum absolute atomic E-state index is 0.276. The molecule has 0 aliphatic carbocycles. The minimum Gasteiger partial charge on any atom is -0.392 e. The lowest BCUT2D eigenvalue weighted by Crippen LogP contribution is -2.32. The number of rotatable bonds is 5. The fourth-order valence-electron chi connectivity index (χ4n) is 1.33. The standard InChI is InChI=1S/C12H18FN3O/c1-2-5-15-12(14)16-7-9-3-4-11(13)10(6-9)8-17/h3-4,6,17H,2,5,7-8H2,1H3,(H3,14,15,16). The molecule has 5 heteroatoms. The summed E-state index contributed by atoms with van der Waals surface area (Å²) in [4.78, 5) is 4.12. The molecule has 0 aliphatic heterocycles. The first-order chi connectivity index (χ1) is 8.17. The highest BCUT2D eigenvalue weighted by Gasteiger charge is 2.02. The molecule has 0 radical (unpaired) electrons. The molecule has 4 N–H and O–H groups in total. The van der Waals surface area contributed by atoms with Gasteiger partial charge in [-0.3, -0.25) is 0 Å². The third-order valence-corrected chi connectivity index (χ3v) is 2.27. The van der Waals surface area contributed by atoms with Gasteiger partial charge in [-0.15, -0.1) is 0 Å². The van der Waals surface area contributed by atoms with Crippen LogP contribution in [0.25, 0.3) is 0 Å². The molecule has 17 heavy (non-hydrogen) atoms. The molecular formula is C12H18FN3O. The summed E-state index contributed by atoms with van der Waals surface area (Å²) in [5, 5.41) is 11.9. The number of nitrogens with zero attached hydrogens (tertiary/aromatic N) is 1. The van der Waals surface area contributed by atoms with E-state index in [-0.39, 0.29) is 12.2 Å². The van der Waals surface area contributed by atoms with Crippen LogP contribution in [0.15, 0.2) is 23.2 Å². The van der Waals surface area contributed by atoms with Gasteiger partial charge in [-0.2, -0.15) is 0 Å². The lowest BCUT2D eigenvalue weighted by Gasteiger charge is -2.05. The molecule has 0 unspecified atom stereocenters. The van der Waals surface area contributed by atoms with E-state index < -0.39 is 5.82 Å². The average Bonchev–Trinajstić information content (AvgIpc) is 2.35. The van der Waals surface area contributed by atoms with E-state index in [0.29, 0.717) is 12.5 Å². The van der Waals surface area contributed by atoms with Crippen LogP contribution in [0.2, 0.25) is 0 Å². The third kappa shape index (κ3) is 4.40. The molecule has 0 fully saturated rings. The highest BCUT2D eigenvalue weighted by molar-refractivity contribution is 5.77. The van der Waals surface area contributed by atoms with Gasteiger partial charge in [-0.05, 0) is 24.1 Å². The van der Waals surface area contributed by atoms with E-state index >= 15 is 0 Å². The first kappa shape index (κ1) is 13.4. The van der Waals surface area contributed by atoms with Crippen molar-refractivity contribution < 1.29 is 9.50 Å². The number of halogens is 1. The summed E-state index contributed by atoms with van der Waals surface area (Å²) < 4.78 is 13.1. The molecule has 0 bridgehead atoms. The molecule has 0 aliphatic rings. The van der Waals surface area contributed by atoms with E-state index in [0.717, 1.165) is 18.5 Å². The topological polar surface area (TPSA) is 70.6 Å². The Labute approximate surface area is 100 Å². The number of benzene rings is 1. The Kier molecular flexibility index (Phi) is 5.42. The van der Waals surface area contributed by atoms with Gasteiger partial charge in [0.25, 0.3) is 0 Å². The van der Waals surface area contributed by atoms with Gasteiger partial charge in [0.05, 0.1) is 13.2 Å². The molecule has 0 spiro atoms. The zero-order valence-corrected chi connectivity index (χ0v) is 9.91. The predicted octanol–water partition coefficient (Wildman–Crippen LogP) is 1.13. The molecule has 0 aromatic heterocycles. The normalized spacial score (nSPS) is 11.6. The van der Waals surface area contributed by atoms with Gasteiger partial charge < -0.3 is 16.2 Å². The van der Waals surface area contributed by atoms with Crippen molar-refractivity contribution in [1.29, 1.82) is 0 Å². The summed E-state index contributed by atoms with van der Waals surface area (Å²) in [6.07, 6.45) is 0.974. The van der Waals surface area contributed by atoms with E-state index in [9.17, 15) is 4.39 Å². The first-order valence-corrected chi connectivity index (χ1v) is 5.59. The van der Waals surface area contributed by atoms with Crippen molar-refractivity contribution in [2.75, 3.05) is 6.54 Å². The summed E-state index contributed by atoms with van der Waals surface area (Å²) in [6, 6.07) is 4.54. The van der Waals surface area contributed by atoms with Crippen molar-refractivity contribution in [1.82, 2.24) is 5.32 Å². The number of nitrogens with one attached hydrogen (secondary N) is 1. The van der Waals surface area contributed by atoms with Gasteiger partial charge in [0.1, 0.15) is 5.82 Å². The van der Waals surface area contributed by atoms with Crippen molar-refractivity contribution in [3.63, 3.8) is 0 Å². The van der Waals surface area contributed by atoms with Crippen LogP contribution in [0.1, 0.15) is 24.5 Å². The van der Waals surface area contributed by atoms with Gasteiger partial charge in [-0.25, -0.2) is 9.38 Å². The highest BCUT2D eigenvalue weighted by atomic mass is 19.1. The SMILES string of the molecule is CCCNC(N)=NCc1ccc(F)c(CO)c1. The summed E-state index contributed by atoms with van der Waals surface area (Å²) in [6.45, 7) is 2.87. The van der Waals surface area contributed by atoms with Crippen LogP contribution < -0.4 is 11.1 Å². The lowest BCUT2D eigenvalue weighted by molar-refractivity contribution is 0.275. The fourth-order valence-corrected chi connectivity index (χ4v) is 1.33. The van der Waals surface area contributed by atoms with Gasteiger partial charge in [0.15, 0.2) is 5.96 Å². The molecule has 0 saturated carbocycles. The molecule has 1 aromatic rings. The molecule has 1 rings (SSSR count). The Balaban J connectivity index is 2.62. The summed E-state index contributed by atoms with van der Waals surface area (Å²) >= 11 is 0. The number of nitrogens with two attached hydrogens (primary N) is 1. The average molecular weight is 239 g/mol. The Bertz CT molecular complexity index is 393. The van der Waals surface area contributed by atoms with Gasteiger partial charge in [0, 0.05) is 12.1 Å². The van der Waals surface area contributed by atoms with Crippen LogP contribution in [0, 0.1) is 5.82 Å². The van der Waals surface area contributed by atoms with E-state index in [2.05, 4.69) is 10.3 Å². The van der Waals surface area contributed by atoms with E-state index in [1.807, 2.05) is 6.92 Å². The van der Waals surface area contributed by atoms with E-state index in [4.69, 9.17) is 10.8 Å². The second-order valence-corrected chi connectivity index (χ2v) is 3.71. The Morgan fingerprint density at radius 2 is 2.29 bits per heavy atom. The highest BCUT2D eigenvalue weighted by Crippen LogP contribution is 2.11. The van der Waals surface area contributed by atoms with E-state index in [1.165, 1.54) is 6.07 Å². The van der Waals surface area contributed by atoms with Crippen molar-refractivity contribution in [3.8, 4) is 0 Å². The maximum atomic E-state index is 13.1. The zero-order valence-electron chi connectivity index (χ0n) is 9.91. The first-order valence-electron chi connectivity index (χ1n) is 5.59. The lowest BCUT2D eigenvalue weighted by atomic mass is 10.1. The van der Waals surface area contributed by atoms with Crippen molar-refractivity contribution in [2.45, 2.75) is 26.5 Å². The van der Waals surface area contributed by atoms with Crippen LogP contribution in [-0.2, 0) is 13.2 Å². The number of hydrogen-bond donors (Lipinski definition) is 3. The zero-order chi connectivity index (χ0) is 12.7. The quantitative estimate of drug-likeness (QED) is 0.533. The van der Waals surface area contributed by atoms with E-state index in [1.54, 1.807) is 12.1 Å². The van der Waals surface area contributed by atoms with Crippen molar-refractivity contribution >= 4 is 5.96 Å². The Morgan fingerprint density at radius 1 is 1.53 bits per heavy atom. The number of aliphatic hydroxyl groups is 1.